The summed E-state index contributed by atoms with van der Waals surface area (Å²) in [7, 11) is -1.60. The maximum absolute atomic E-state index is 11.9. The van der Waals surface area contributed by atoms with Gasteiger partial charge in [0.1, 0.15) is 0 Å². The Morgan fingerprint density at radius 3 is 2.72 bits per heavy atom. The molecule has 0 radical (unpaired) electrons. The molecule has 1 heterocycles. The lowest BCUT2D eigenvalue weighted by molar-refractivity contribution is 0.571. The van der Waals surface area contributed by atoms with E-state index in [-0.39, 0.29) is 5.03 Å². The minimum absolute atomic E-state index is 0.0955. The van der Waals surface area contributed by atoms with Crippen molar-refractivity contribution >= 4 is 10.0 Å². The van der Waals surface area contributed by atoms with Gasteiger partial charge in [-0.2, -0.15) is 0 Å². The number of hydrogen-bond acceptors (Lipinski definition) is 4. The van der Waals surface area contributed by atoms with Crippen LogP contribution < -0.4 is 10.0 Å². The van der Waals surface area contributed by atoms with Crippen molar-refractivity contribution in [1.82, 2.24) is 15.0 Å². The van der Waals surface area contributed by atoms with Gasteiger partial charge in [0.2, 0.25) is 0 Å². The van der Waals surface area contributed by atoms with Gasteiger partial charge in [-0.25, -0.2) is 18.1 Å². The van der Waals surface area contributed by atoms with Crippen molar-refractivity contribution in [2.75, 3.05) is 13.6 Å². The average molecular weight is 269 g/mol. The minimum atomic E-state index is -3.44. The highest BCUT2D eigenvalue weighted by molar-refractivity contribution is 7.89. The first-order chi connectivity index (χ1) is 8.62. The summed E-state index contributed by atoms with van der Waals surface area (Å²) in [6.45, 7) is 1.19. The normalized spacial score (nSPS) is 15.8. The second-order valence-corrected chi connectivity index (χ2v) is 6.38. The van der Waals surface area contributed by atoms with Crippen molar-refractivity contribution in [1.29, 1.82) is 0 Å². The molecule has 0 saturated heterocycles. The quantitative estimate of drug-likeness (QED) is 0.771. The molecule has 0 atom stereocenters. The van der Waals surface area contributed by atoms with Crippen LogP contribution in [0, 0.1) is 5.92 Å². The fourth-order valence-electron chi connectivity index (χ4n) is 1.76. The summed E-state index contributed by atoms with van der Waals surface area (Å²) < 4.78 is 26.4. The van der Waals surface area contributed by atoms with Crippen LogP contribution in [0.1, 0.15) is 24.8 Å². The molecule has 1 aliphatic rings. The fourth-order valence-corrected chi connectivity index (χ4v) is 2.73. The molecule has 1 saturated carbocycles. The van der Waals surface area contributed by atoms with Gasteiger partial charge in [-0.3, -0.25) is 0 Å². The summed E-state index contributed by atoms with van der Waals surface area (Å²) in [5, 5.41) is 3.09. The standard InChI is InChI=1S/C12H19N3O2S/c1-13-8-11-4-5-12(14-9-11)18(16,17)15-7-6-10-2-3-10/h4-5,9-10,13,15H,2-3,6-8H2,1H3. The lowest BCUT2D eigenvalue weighted by Gasteiger charge is -2.06. The van der Waals surface area contributed by atoms with E-state index in [1.165, 1.54) is 12.8 Å². The first kappa shape index (κ1) is 13.5. The molecule has 5 nitrogen and oxygen atoms in total. The Labute approximate surface area is 108 Å². The molecular formula is C12H19N3O2S. The van der Waals surface area contributed by atoms with Crippen molar-refractivity contribution in [3.05, 3.63) is 23.9 Å². The number of sulfonamides is 1. The molecule has 100 valence electrons. The highest BCUT2D eigenvalue weighted by atomic mass is 32.2. The molecule has 0 aliphatic heterocycles. The Hall–Kier alpha value is -0.980. The van der Waals surface area contributed by atoms with Gasteiger partial charge in [-0.1, -0.05) is 18.9 Å². The first-order valence-corrected chi connectivity index (χ1v) is 7.69. The van der Waals surface area contributed by atoms with E-state index in [4.69, 9.17) is 0 Å². The van der Waals surface area contributed by atoms with Gasteiger partial charge >= 0.3 is 0 Å². The van der Waals surface area contributed by atoms with E-state index < -0.39 is 10.0 Å². The third kappa shape index (κ3) is 3.76. The van der Waals surface area contributed by atoms with E-state index in [1.54, 1.807) is 18.3 Å². The summed E-state index contributed by atoms with van der Waals surface area (Å²) in [5.41, 5.74) is 0.967. The highest BCUT2D eigenvalue weighted by Gasteiger charge is 2.22. The lowest BCUT2D eigenvalue weighted by atomic mass is 10.3. The summed E-state index contributed by atoms with van der Waals surface area (Å²) in [5.74, 6) is 0.721. The van der Waals surface area contributed by atoms with Crippen LogP contribution in [0.4, 0.5) is 0 Å². The predicted molar refractivity (Wildman–Crippen MR) is 69.5 cm³/mol. The average Bonchev–Trinajstić information content (AvgIpc) is 3.14. The van der Waals surface area contributed by atoms with E-state index in [2.05, 4.69) is 15.0 Å². The van der Waals surface area contributed by atoms with E-state index in [1.807, 2.05) is 7.05 Å². The molecule has 1 aliphatic carbocycles. The zero-order valence-electron chi connectivity index (χ0n) is 10.5. The van der Waals surface area contributed by atoms with Gasteiger partial charge < -0.3 is 5.32 Å². The molecule has 1 fully saturated rings. The molecule has 0 bridgehead atoms. The van der Waals surface area contributed by atoms with Crippen molar-refractivity contribution < 1.29 is 8.42 Å². The van der Waals surface area contributed by atoms with Crippen LogP contribution in [-0.2, 0) is 16.6 Å². The Kier molecular flexibility index (Phi) is 4.31. The number of pyridine rings is 1. The SMILES string of the molecule is CNCc1ccc(S(=O)(=O)NCCC2CC2)nc1. The van der Waals surface area contributed by atoms with E-state index in [9.17, 15) is 8.42 Å². The second kappa shape index (κ2) is 5.77. The summed E-state index contributed by atoms with van der Waals surface area (Å²) >= 11 is 0. The molecular weight excluding hydrogens is 250 g/mol. The Balaban J connectivity index is 1.94. The largest absolute Gasteiger partial charge is 0.316 e. The number of nitrogens with one attached hydrogen (secondary N) is 2. The predicted octanol–water partition coefficient (Wildman–Crippen LogP) is 0.879. The first-order valence-electron chi connectivity index (χ1n) is 6.21. The van der Waals surface area contributed by atoms with Crippen LogP contribution in [0.5, 0.6) is 0 Å². The van der Waals surface area contributed by atoms with Crippen molar-refractivity contribution in [2.24, 2.45) is 5.92 Å². The molecule has 18 heavy (non-hydrogen) atoms. The van der Waals surface area contributed by atoms with Gasteiger partial charge in [0.15, 0.2) is 5.03 Å². The third-order valence-corrected chi connectivity index (χ3v) is 4.37. The van der Waals surface area contributed by atoms with Gasteiger partial charge in [-0.05, 0) is 31.0 Å². The van der Waals surface area contributed by atoms with E-state index in [0.717, 1.165) is 17.9 Å². The second-order valence-electron chi connectivity index (χ2n) is 4.66. The van der Waals surface area contributed by atoms with Crippen molar-refractivity contribution in [2.45, 2.75) is 30.8 Å². The minimum Gasteiger partial charge on any atom is -0.316 e. The summed E-state index contributed by atoms with van der Waals surface area (Å²) in [6, 6.07) is 3.32. The number of hydrogen-bond donors (Lipinski definition) is 2. The molecule has 0 amide bonds. The molecule has 1 aromatic rings. The number of nitrogens with zero attached hydrogens (tertiary/aromatic N) is 1. The number of rotatable bonds is 7. The monoisotopic (exact) mass is 269 g/mol. The Bertz CT molecular complexity index is 481. The Morgan fingerprint density at radius 2 is 2.17 bits per heavy atom. The number of aromatic nitrogens is 1. The topological polar surface area (TPSA) is 71.1 Å². The van der Waals surface area contributed by atoms with Crippen LogP contribution >= 0.6 is 0 Å². The van der Waals surface area contributed by atoms with Crippen molar-refractivity contribution in [3.8, 4) is 0 Å². The Morgan fingerprint density at radius 1 is 1.39 bits per heavy atom. The molecule has 0 aromatic carbocycles. The summed E-state index contributed by atoms with van der Waals surface area (Å²) in [4.78, 5) is 3.99. The van der Waals surface area contributed by atoms with Crippen LogP contribution in [0.3, 0.4) is 0 Å². The molecule has 2 rings (SSSR count). The lowest BCUT2D eigenvalue weighted by Crippen LogP contribution is -2.26. The summed E-state index contributed by atoms with van der Waals surface area (Å²) in [6.07, 6.45) is 4.99. The van der Waals surface area contributed by atoms with Crippen LogP contribution in [0.2, 0.25) is 0 Å². The zero-order chi connectivity index (χ0) is 13.0. The maximum atomic E-state index is 11.9. The van der Waals surface area contributed by atoms with Gasteiger partial charge in [0, 0.05) is 19.3 Å². The maximum Gasteiger partial charge on any atom is 0.258 e. The van der Waals surface area contributed by atoms with Gasteiger partial charge in [0.25, 0.3) is 10.0 Å². The fraction of sp³-hybridized carbons (Fsp3) is 0.583. The zero-order valence-corrected chi connectivity index (χ0v) is 11.3. The van der Waals surface area contributed by atoms with Gasteiger partial charge in [0.05, 0.1) is 0 Å². The molecule has 2 N–H and O–H groups in total. The smallest absolute Gasteiger partial charge is 0.258 e. The third-order valence-electron chi connectivity index (χ3n) is 3.00. The molecule has 0 unspecified atom stereocenters. The highest BCUT2D eigenvalue weighted by Crippen LogP contribution is 2.31. The van der Waals surface area contributed by atoms with E-state index >= 15 is 0 Å². The van der Waals surface area contributed by atoms with Crippen LogP contribution in [-0.4, -0.2) is 27.0 Å². The van der Waals surface area contributed by atoms with Crippen molar-refractivity contribution in [3.63, 3.8) is 0 Å². The van der Waals surface area contributed by atoms with E-state index in [0.29, 0.717) is 13.1 Å². The van der Waals surface area contributed by atoms with Crippen LogP contribution in [0.15, 0.2) is 23.4 Å². The molecule has 1 aromatic heterocycles. The van der Waals surface area contributed by atoms with Crippen LogP contribution in [0.25, 0.3) is 0 Å². The van der Waals surface area contributed by atoms with Gasteiger partial charge in [-0.15, -0.1) is 0 Å². The molecule has 0 spiro atoms. The molecule has 6 heteroatoms.